The van der Waals surface area contributed by atoms with Gasteiger partial charge in [0.15, 0.2) is 0 Å². The molecule has 6 nitrogen and oxygen atoms in total. The second-order valence-electron chi connectivity index (χ2n) is 5.98. The minimum atomic E-state index is -0.288. The molecule has 2 aromatic heterocycles. The van der Waals surface area contributed by atoms with Gasteiger partial charge < -0.3 is 22.1 Å². The Balaban J connectivity index is 0.00000240. The lowest BCUT2D eigenvalue weighted by Gasteiger charge is -2.05. The van der Waals surface area contributed by atoms with Crippen molar-refractivity contribution in [2.24, 2.45) is 0 Å². The number of para-hydroxylation sites is 1. The molecule has 0 bridgehead atoms. The summed E-state index contributed by atoms with van der Waals surface area (Å²) in [5.74, 6) is 1.81. The number of hydrogen-bond donors (Lipinski definition) is 1. The van der Waals surface area contributed by atoms with Gasteiger partial charge in [-0.2, -0.15) is 4.68 Å². The average Bonchev–Trinajstić information content (AvgIpc) is 3.38. The van der Waals surface area contributed by atoms with Gasteiger partial charge in [-0.1, -0.05) is 42.1 Å². The van der Waals surface area contributed by atoms with Crippen molar-refractivity contribution >= 4 is 11.8 Å². The molecule has 2 heterocycles. The lowest BCUT2D eigenvalue weighted by Crippen LogP contribution is -3.00. The summed E-state index contributed by atoms with van der Waals surface area (Å²) in [4.78, 5) is 0. The van der Waals surface area contributed by atoms with E-state index in [0.717, 1.165) is 28.9 Å². The van der Waals surface area contributed by atoms with Gasteiger partial charge in [-0.15, -0.1) is 5.10 Å². The van der Waals surface area contributed by atoms with E-state index in [1.54, 1.807) is 40.7 Å². The maximum atomic E-state index is 13.8. The van der Waals surface area contributed by atoms with Gasteiger partial charge in [-0.25, -0.2) is 4.39 Å². The van der Waals surface area contributed by atoms with Gasteiger partial charge in [0.1, 0.15) is 17.3 Å². The Morgan fingerprint density at radius 3 is 2.62 bits per heavy atom. The highest BCUT2D eigenvalue weighted by atomic mass is 35.5. The smallest absolute Gasteiger partial charge is 0.214 e. The normalized spacial score (nSPS) is 10.7. The van der Waals surface area contributed by atoms with Crippen molar-refractivity contribution in [2.45, 2.75) is 11.7 Å². The van der Waals surface area contributed by atoms with Crippen molar-refractivity contribution in [3.8, 4) is 17.0 Å². The predicted octanol–water partition coefficient (Wildman–Crippen LogP) is 0.947. The lowest BCUT2D eigenvalue weighted by atomic mass is 10.1. The molecule has 4 rings (SSSR count). The minimum absolute atomic E-state index is 0. The van der Waals surface area contributed by atoms with Crippen LogP contribution in [0.5, 0.6) is 0 Å². The Bertz CT molecular complexity index is 1040. The molecule has 0 aliphatic carbocycles. The Hall–Kier alpha value is -2.68. The predicted molar refractivity (Wildman–Crippen MR) is 106 cm³/mol. The van der Waals surface area contributed by atoms with Gasteiger partial charge in [-0.3, -0.25) is 0 Å². The first-order chi connectivity index (χ1) is 13.8. The van der Waals surface area contributed by atoms with Gasteiger partial charge >= 0.3 is 0 Å². The lowest BCUT2D eigenvalue weighted by molar-refractivity contribution is -0.00000687. The maximum absolute atomic E-state index is 13.8. The maximum Gasteiger partial charge on any atom is 0.214 e. The molecule has 0 radical (unpaired) electrons. The van der Waals surface area contributed by atoms with Crippen LogP contribution in [0, 0.1) is 5.82 Å². The molecule has 1 N–H and O–H groups in total. The highest BCUT2D eigenvalue weighted by Gasteiger charge is 2.10. The molecule has 9 heteroatoms. The molecule has 0 atom stereocenters. The zero-order valence-corrected chi connectivity index (χ0v) is 16.9. The van der Waals surface area contributed by atoms with Crippen LogP contribution in [0.1, 0.15) is 5.76 Å². The van der Waals surface area contributed by atoms with Crippen molar-refractivity contribution < 1.29 is 21.2 Å². The zero-order valence-electron chi connectivity index (χ0n) is 15.3. The molecule has 0 aliphatic heterocycles. The molecule has 0 spiro atoms. The summed E-state index contributed by atoms with van der Waals surface area (Å²) >= 11 is 1.57. The molecular formula is C20H18ClFN5OS-. The molecule has 0 fully saturated rings. The average molecular weight is 431 g/mol. The molecule has 0 unspecified atom stereocenters. The van der Waals surface area contributed by atoms with E-state index in [4.69, 9.17) is 4.42 Å². The summed E-state index contributed by atoms with van der Waals surface area (Å²) in [5, 5.41) is 15.9. The minimum Gasteiger partial charge on any atom is -1.00 e. The third-order valence-corrected chi connectivity index (χ3v) is 4.97. The molecule has 0 saturated carbocycles. The number of benzene rings is 2. The van der Waals surface area contributed by atoms with Gasteiger partial charge in [0.25, 0.3) is 0 Å². The summed E-state index contributed by atoms with van der Waals surface area (Å²) in [5.41, 5.74) is 1.40. The standard InChI is InChI=1S/C20H18FN5OS.ClH/c21-18-9-5-4-8-17(18)19-11-10-16(27-19)14-22-12-13-28-20-23-24-25-26(20)15-6-2-1-3-7-15;/h1-11,22H,12-14H2;1H/p-1. The largest absolute Gasteiger partial charge is 1.00 e. The van der Waals surface area contributed by atoms with E-state index >= 15 is 0 Å². The number of tetrazole rings is 1. The van der Waals surface area contributed by atoms with Crippen LogP contribution >= 0.6 is 11.8 Å². The van der Waals surface area contributed by atoms with Crippen LogP contribution < -0.4 is 17.7 Å². The number of furan rings is 1. The van der Waals surface area contributed by atoms with Crippen LogP contribution in [0.15, 0.2) is 76.3 Å². The summed E-state index contributed by atoms with van der Waals surface area (Å²) in [6.45, 7) is 1.32. The fraction of sp³-hybridized carbons (Fsp3) is 0.150. The summed E-state index contributed by atoms with van der Waals surface area (Å²) < 4.78 is 21.3. The molecule has 150 valence electrons. The van der Waals surface area contributed by atoms with Gasteiger partial charge in [-0.05, 0) is 46.8 Å². The monoisotopic (exact) mass is 430 g/mol. The number of nitrogens with zero attached hydrogens (tertiary/aromatic N) is 4. The van der Waals surface area contributed by atoms with Crippen molar-refractivity contribution in [3.05, 3.63) is 78.3 Å². The number of aromatic nitrogens is 4. The number of thioether (sulfide) groups is 1. The van der Waals surface area contributed by atoms with Crippen molar-refractivity contribution in [1.82, 2.24) is 25.5 Å². The number of rotatable bonds is 8. The van der Waals surface area contributed by atoms with Gasteiger partial charge in [0, 0.05) is 12.3 Å². The third-order valence-electron chi connectivity index (χ3n) is 4.05. The quantitative estimate of drug-likeness (QED) is 0.331. The highest BCUT2D eigenvalue weighted by Crippen LogP contribution is 2.24. The fourth-order valence-electron chi connectivity index (χ4n) is 2.70. The Kier molecular flexibility index (Phi) is 7.40. The molecule has 4 aromatic rings. The van der Waals surface area contributed by atoms with Crippen molar-refractivity contribution in [3.63, 3.8) is 0 Å². The van der Waals surface area contributed by atoms with Crippen LogP contribution in [0.2, 0.25) is 0 Å². The van der Waals surface area contributed by atoms with Crippen molar-refractivity contribution in [1.29, 1.82) is 0 Å². The number of nitrogens with one attached hydrogen (secondary N) is 1. The van der Waals surface area contributed by atoms with E-state index in [2.05, 4.69) is 20.8 Å². The summed E-state index contributed by atoms with van der Waals surface area (Å²) in [6, 6.07) is 20.0. The Labute approximate surface area is 177 Å². The third kappa shape index (κ3) is 5.23. The summed E-state index contributed by atoms with van der Waals surface area (Å²) in [6.07, 6.45) is 0. The SMILES string of the molecule is Fc1ccccc1-c1ccc(CNCCSc2nnnn2-c2ccccc2)o1.[Cl-]. The highest BCUT2D eigenvalue weighted by molar-refractivity contribution is 7.99. The first kappa shape index (κ1) is 21.0. The molecule has 0 saturated heterocycles. The molecule has 29 heavy (non-hydrogen) atoms. The zero-order chi connectivity index (χ0) is 19.2. The van der Waals surface area contributed by atoms with Crippen molar-refractivity contribution in [2.75, 3.05) is 12.3 Å². The molecule has 2 aromatic carbocycles. The van der Waals surface area contributed by atoms with E-state index in [-0.39, 0.29) is 18.2 Å². The van der Waals surface area contributed by atoms with Gasteiger partial charge in [0.05, 0.1) is 17.8 Å². The number of hydrogen-bond acceptors (Lipinski definition) is 6. The second kappa shape index (κ2) is 10.2. The van der Waals surface area contributed by atoms with E-state index in [1.165, 1.54) is 6.07 Å². The summed E-state index contributed by atoms with van der Waals surface area (Å²) in [7, 11) is 0. The van der Waals surface area contributed by atoms with E-state index in [1.807, 2.05) is 36.4 Å². The van der Waals surface area contributed by atoms with Crippen LogP contribution in [-0.4, -0.2) is 32.5 Å². The first-order valence-electron chi connectivity index (χ1n) is 8.82. The molecule has 0 amide bonds. The van der Waals surface area contributed by atoms with Crippen LogP contribution in [-0.2, 0) is 6.54 Å². The Morgan fingerprint density at radius 2 is 1.79 bits per heavy atom. The van der Waals surface area contributed by atoms with Gasteiger partial charge in [0.2, 0.25) is 5.16 Å². The van der Waals surface area contributed by atoms with E-state index in [0.29, 0.717) is 17.9 Å². The first-order valence-corrected chi connectivity index (χ1v) is 9.81. The van der Waals surface area contributed by atoms with Crippen LogP contribution in [0.4, 0.5) is 4.39 Å². The molecule has 0 aliphatic rings. The van der Waals surface area contributed by atoms with Crippen LogP contribution in [0.3, 0.4) is 0 Å². The van der Waals surface area contributed by atoms with Crippen LogP contribution in [0.25, 0.3) is 17.0 Å². The van der Waals surface area contributed by atoms with E-state index in [9.17, 15) is 4.39 Å². The fourth-order valence-corrected chi connectivity index (χ4v) is 3.49. The molecular weight excluding hydrogens is 413 g/mol. The topological polar surface area (TPSA) is 68.8 Å². The Morgan fingerprint density at radius 1 is 1.00 bits per heavy atom. The number of halogens is 2. The van der Waals surface area contributed by atoms with E-state index < -0.39 is 0 Å². The second-order valence-corrected chi connectivity index (χ2v) is 7.04.